The minimum atomic E-state index is -0.323. The molecule has 1 nitrogen and oxygen atoms in total. The summed E-state index contributed by atoms with van der Waals surface area (Å²) in [6.07, 6.45) is 1.13. The van der Waals surface area contributed by atoms with Crippen LogP contribution in [0.1, 0.15) is 33.4 Å². The number of aryl methyl sites for hydroxylation is 4. The molecule has 2 aromatic carbocycles. The van der Waals surface area contributed by atoms with E-state index in [1.54, 1.807) is 0 Å². The lowest BCUT2D eigenvalue weighted by Crippen LogP contribution is -2.16. The molecule has 2 rings (SSSR count). The summed E-state index contributed by atoms with van der Waals surface area (Å²) in [5.74, 6) is 0. The van der Waals surface area contributed by atoms with E-state index < -0.39 is 0 Å². The van der Waals surface area contributed by atoms with Crippen molar-refractivity contribution in [1.82, 2.24) is 0 Å². The molecule has 0 aliphatic carbocycles. The fraction of sp³-hybridized carbons (Fsp3) is 0.368. The molecular weight excluding hydrogens is 244 g/mol. The molecule has 1 atom stereocenters. The first kappa shape index (κ1) is 14.8. The quantitative estimate of drug-likeness (QED) is 0.886. The van der Waals surface area contributed by atoms with E-state index in [0.717, 1.165) is 12.8 Å². The van der Waals surface area contributed by atoms with Crippen LogP contribution in [0, 0.1) is 27.7 Å². The third-order valence-corrected chi connectivity index (χ3v) is 4.00. The average molecular weight is 268 g/mol. The van der Waals surface area contributed by atoms with E-state index in [9.17, 15) is 5.11 Å². The second-order valence-electron chi connectivity index (χ2n) is 5.87. The van der Waals surface area contributed by atoms with Gasteiger partial charge in [0.25, 0.3) is 0 Å². The Balaban J connectivity index is 2.13. The van der Waals surface area contributed by atoms with Gasteiger partial charge in [0.05, 0.1) is 6.10 Å². The van der Waals surface area contributed by atoms with Crippen molar-refractivity contribution in [3.8, 4) is 0 Å². The maximum atomic E-state index is 10.4. The monoisotopic (exact) mass is 268 g/mol. The van der Waals surface area contributed by atoms with Gasteiger partial charge in [-0.3, -0.25) is 0 Å². The van der Waals surface area contributed by atoms with E-state index in [-0.39, 0.29) is 6.10 Å². The molecule has 0 saturated carbocycles. The zero-order valence-corrected chi connectivity index (χ0v) is 12.9. The van der Waals surface area contributed by atoms with Gasteiger partial charge in [-0.2, -0.15) is 0 Å². The number of hydrogen-bond donors (Lipinski definition) is 1. The lowest BCUT2D eigenvalue weighted by atomic mass is 9.92. The molecule has 1 heteroatoms. The summed E-state index contributed by atoms with van der Waals surface area (Å²) < 4.78 is 0. The fourth-order valence-electron chi connectivity index (χ4n) is 2.93. The van der Waals surface area contributed by atoms with Crippen molar-refractivity contribution in [3.63, 3.8) is 0 Å². The molecule has 1 unspecified atom stereocenters. The number of aliphatic hydroxyl groups is 1. The zero-order chi connectivity index (χ0) is 14.7. The highest BCUT2D eigenvalue weighted by Crippen LogP contribution is 2.20. The van der Waals surface area contributed by atoms with Gasteiger partial charge >= 0.3 is 0 Å². The van der Waals surface area contributed by atoms with Crippen molar-refractivity contribution >= 4 is 0 Å². The Hall–Kier alpha value is -1.60. The lowest BCUT2D eigenvalue weighted by molar-refractivity contribution is 0.175. The second-order valence-corrected chi connectivity index (χ2v) is 5.87. The van der Waals surface area contributed by atoms with Gasteiger partial charge in [-0.05, 0) is 68.4 Å². The maximum absolute atomic E-state index is 10.4. The number of rotatable bonds is 4. The molecule has 0 aliphatic heterocycles. The smallest absolute Gasteiger partial charge is 0.0621 e. The van der Waals surface area contributed by atoms with Crippen LogP contribution in [0.15, 0.2) is 36.4 Å². The molecule has 2 aromatic rings. The van der Waals surface area contributed by atoms with Gasteiger partial charge in [0.1, 0.15) is 0 Å². The molecule has 20 heavy (non-hydrogen) atoms. The van der Waals surface area contributed by atoms with Gasteiger partial charge in [0.2, 0.25) is 0 Å². The van der Waals surface area contributed by atoms with E-state index in [1.165, 1.54) is 33.4 Å². The van der Waals surface area contributed by atoms with Gasteiger partial charge in [0, 0.05) is 0 Å². The number of aliphatic hydroxyl groups excluding tert-OH is 1. The van der Waals surface area contributed by atoms with Gasteiger partial charge in [-0.1, -0.05) is 42.0 Å². The molecule has 0 aliphatic rings. The van der Waals surface area contributed by atoms with E-state index in [4.69, 9.17) is 0 Å². The van der Waals surface area contributed by atoms with E-state index in [1.807, 2.05) is 12.1 Å². The number of hydrogen-bond acceptors (Lipinski definition) is 1. The molecular formula is C19H24O. The molecule has 0 saturated heterocycles. The van der Waals surface area contributed by atoms with Gasteiger partial charge < -0.3 is 5.11 Å². The lowest BCUT2D eigenvalue weighted by Gasteiger charge is -2.16. The summed E-state index contributed by atoms with van der Waals surface area (Å²) in [6, 6.07) is 12.7. The second kappa shape index (κ2) is 6.23. The highest BCUT2D eigenvalue weighted by Gasteiger charge is 2.12. The summed E-state index contributed by atoms with van der Waals surface area (Å²) in [5.41, 5.74) is 7.64. The third-order valence-electron chi connectivity index (χ3n) is 4.00. The molecule has 0 aromatic heterocycles. The Bertz CT molecular complexity index is 575. The predicted octanol–water partition coefficient (Wildman–Crippen LogP) is 4.07. The molecule has 0 heterocycles. The standard InChI is InChI=1S/C19H24O/c1-13-9-15(3)19(16(4)10-13)12-18(20)11-17-8-6-5-7-14(17)2/h5-10,18,20H,11-12H2,1-4H3. The van der Waals surface area contributed by atoms with Gasteiger partial charge in [0.15, 0.2) is 0 Å². The van der Waals surface area contributed by atoms with E-state index >= 15 is 0 Å². The van der Waals surface area contributed by atoms with Crippen LogP contribution in [0.2, 0.25) is 0 Å². The molecule has 0 amide bonds. The highest BCUT2D eigenvalue weighted by molar-refractivity contribution is 5.38. The van der Waals surface area contributed by atoms with Crippen LogP contribution >= 0.6 is 0 Å². The van der Waals surface area contributed by atoms with Crippen molar-refractivity contribution in [2.75, 3.05) is 0 Å². The Kier molecular flexibility index (Phi) is 4.61. The van der Waals surface area contributed by atoms with Crippen molar-refractivity contribution in [2.24, 2.45) is 0 Å². The Morgan fingerprint density at radius 1 is 0.850 bits per heavy atom. The average Bonchev–Trinajstić information content (AvgIpc) is 2.36. The van der Waals surface area contributed by atoms with E-state index in [0.29, 0.717) is 0 Å². The van der Waals surface area contributed by atoms with Gasteiger partial charge in [-0.25, -0.2) is 0 Å². The van der Waals surface area contributed by atoms with E-state index in [2.05, 4.69) is 52.0 Å². The fourth-order valence-corrected chi connectivity index (χ4v) is 2.93. The van der Waals surface area contributed by atoms with Crippen molar-refractivity contribution in [3.05, 3.63) is 69.8 Å². The Morgan fingerprint density at radius 2 is 1.45 bits per heavy atom. The Labute approximate surface area is 122 Å². The summed E-state index contributed by atoms with van der Waals surface area (Å²) >= 11 is 0. The van der Waals surface area contributed by atoms with Crippen LogP contribution in [0.4, 0.5) is 0 Å². The molecule has 0 bridgehead atoms. The molecule has 0 fully saturated rings. The van der Waals surface area contributed by atoms with Crippen LogP contribution in [0.5, 0.6) is 0 Å². The summed E-state index contributed by atoms with van der Waals surface area (Å²) in [4.78, 5) is 0. The van der Waals surface area contributed by atoms with Crippen LogP contribution < -0.4 is 0 Å². The molecule has 106 valence electrons. The normalized spacial score (nSPS) is 12.4. The third kappa shape index (κ3) is 3.49. The van der Waals surface area contributed by atoms with Crippen molar-refractivity contribution < 1.29 is 5.11 Å². The van der Waals surface area contributed by atoms with Crippen LogP contribution in [0.3, 0.4) is 0 Å². The first-order valence-electron chi connectivity index (χ1n) is 7.26. The van der Waals surface area contributed by atoms with Crippen molar-refractivity contribution in [1.29, 1.82) is 0 Å². The summed E-state index contributed by atoms with van der Waals surface area (Å²) in [5, 5.41) is 10.4. The highest BCUT2D eigenvalue weighted by atomic mass is 16.3. The molecule has 0 radical (unpaired) electrons. The largest absolute Gasteiger partial charge is 0.392 e. The zero-order valence-electron chi connectivity index (χ0n) is 12.9. The SMILES string of the molecule is Cc1cc(C)c(CC(O)Cc2ccccc2C)c(C)c1. The van der Waals surface area contributed by atoms with Gasteiger partial charge in [-0.15, -0.1) is 0 Å². The van der Waals surface area contributed by atoms with Crippen LogP contribution in [-0.4, -0.2) is 11.2 Å². The van der Waals surface area contributed by atoms with Crippen molar-refractivity contribution in [2.45, 2.75) is 46.6 Å². The molecule has 1 N–H and O–H groups in total. The topological polar surface area (TPSA) is 20.2 Å². The number of benzene rings is 2. The predicted molar refractivity (Wildman–Crippen MR) is 85.2 cm³/mol. The minimum absolute atomic E-state index is 0.323. The first-order chi connectivity index (χ1) is 9.47. The maximum Gasteiger partial charge on any atom is 0.0621 e. The minimum Gasteiger partial charge on any atom is -0.392 e. The summed E-state index contributed by atoms with van der Waals surface area (Å²) in [7, 11) is 0. The Morgan fingerprint density at radius 3 is 2.05 bits per heavy atom. The summed E-state index contributed by atoms with van der Waals surface area (Å²) in [6.45, 7) is 8.49. The first-order valence-corrected chi connectivity index (χ1v) is 7.26. The van der Waals surface area contributed by atoms with Crippen LogP contribution in [0.25, 0.3) is 0 Å². The molecule has 0 spiro atoms. The van der Waals surface area contributed by atoms with Crippen LogP contribution in [-0.2, 0) is 12.8 Å².